The van der Waals surface area contributed by atoms with Gasteiger partial charge in [-0.15, -0.1) is 0 Å². The van der Waals surface area contributed by atoms with Crippen molar-refractivity contribution in [1.29, 1.82) is 0 Å². The topological polar surface area (TPSA) is 30.2 Å². The Bertz CT molecular complexity index is 1790. The maximum atomic E-state index is 6.64. The van der Waals surface area contributed by atoms with Crippen LogP contribution in [-0.4, -0.2) is 22.2 Å². The third-order valence-corrected chi connectivity index (χ3v) is 6.34. The molecule has 0 amide bonds. The Morgan fingerprint density at radius 1 is 0.531 bits per heavy atom. The molecule has 0 unspecified atom stereocenters. The maximum absolute atomic E-state index is 6.64. The summed E-state index contributed by atoms with van der Waals surface area (Å²) in [6.45, 7) is 0. The summed E-state index contributed by atoms with van der Waals surface area (Å²) in [5, 5.41) is 5.29. The highest BCUT2D eigenvalue weighted by Crippen LogP contribution is 2.37. The zero-order chi connectivity index (χ0) is 21.2. The number of fused-ring (bicyclic) bond motifs is 7. The second-order valence-corrected chi connectivity index (χ2v) is 8.09. The predicted molar refractivity (Wildman–Crippen MR) is 134 cm³/mol. The normalized spacial score (nSPS) is 11.9. The van der Waals surface area contributed by atoms with Crippen LogP contribution >= 0.6 is 0 Å². The summed E-state index contributed by atoms with van der Waals surface area (Å²) in [5.41, 5.74) is 5.71. The molecule has 0 bridgehead atoms. The minimum atomic E-state index is 0.799. The van der Waals surface area contributed by atoms with Gasteiger partial charge in [0.1, 0.15) is 19.3 Å². The monoisotopic (exact) mass is 405 g/mol. The van der Waals surface area contributed by atoms with Crippen molar-refractivity contribution in [3.8, 4) is 11.4 Å². The third-order valence-electron chi connectivity index (χ3n) is 6.34. The van der Waals surface area contributed by atoms with Gasteiger partial charge in [0, 0.05) is 10.9 Å². The number of hydrogen-bond donors (Lipinski definition) is 0. The van der Waals surface area contributed by atoms with Gasteiger partial charge in [-0.05, 0) is 45.8 Å². The Balaban J connectivity index is 1.80. The molecule has 32 heavy (non-hydrogen) atoms. The van der Waals surface area contributed by atoms with Crippen LogP contribution in [0, 0.1) is 0 Å². The van der Waals surface area contributed by atoms with Crippen LogP contribution in [0.4, 0.5) is 0 Å². The second kappa shape index (κ2) is 6.41. The smallest absolute Gasteiger partial charge is 0.149 e. The second-order valence-electron chi connectivity index (χ2n) is 8.09. The number of hydrogen-bond acceptors (Lipinski definition) is 2. The van der Waals surface area contributed by atoms with Crippen molar-refractivity contribution in [2.45, 2.75) is 0 Å². The van der Waals surface area contributed by atoms with Gasteiger partial charge in [0.25, 0.3) is 0 Å². The van der Waals surface area contributed by atoms with Gasteiger partial charge in [0.15, 0.2) is 0 Å². The molecule has 0 aliphatic carbocycles. The van der Waals surface area contributed by atoms with Crippen LogP contribution in [0.15, 0.2) is 97.1 Å². The molecule has 7 rings (SSSR count). The fourth-order valence-corrected chi connectivity index (χ4v) is 4.92. The van der Waals surface area contributed by atoms with E-state index in [1.54, 1.807) is 0 Å². The Morgan fingerprint density at radius 2 is 1.06 bits per heavy atom. The average Bonchev–Trinajstić information content (AvgIpc) is 3.24. The lowest BCUT2D eigenvalue weighted by molar-refractivity contribution is 1.17. The SMILES string of the molecule is [B]c1c2ccccc2c(-c2nc3ccccc3c3nc4ccccc4n23)c2ccccc12. The van der Waals surface area contributed by atoms with Crippen molar-refractivity contribution < 1.29 is 0 Å². The van der Waals surface area contributed by atoms with Crippen LogP contribution < -0.4 is 5.46 Å². The van der Waals surface area contributed by atoms with Crippen LogP contribution in [0.2, 0.25) is 0 Å². The predicted octanol–water partition coefficient (Wildman–Crippen LogP) is 5.80. The van der Waals surface area contributed by atoms with E-state index in [0.717, 1.165) is 66.0 Å². The van der Waals surface area contributed by atoms with Gasteiger partial charge < -0.3 is 0 Å². The molecule has 0 spiro atoms. The van der Waals surface area contributed by atoms with Gasteiger partial charge >= 0.3 is 0 Å². The molecular formula is C28H16BN3. The first-order valence-corrected chi connectivity index (χ1v) is 10.7. The molecule has 146 valence electrons. The van der Waals surface area contributed by atoms with Crippen molar-refractivity contribution >= 4 is 62.4 Å². The van der Waals surface area contributed by atoms with E-state index in [1.165, 1.54) is 0 Å². The Labute approximate surface area is 185 Å². The highest BCUT2D eigenvalue weighted by atomic mass is 15.1. The molecule has 3 nitrogen and oxygen atoms in total. The van der Waals surface area contributed by atoms with Crippen molar-refractivity contribution in [3.63, 3.8) is 0 Å². The molecule has 0 aliphatic rings. The molecule has 2 aromatic heterocycles. The zero-order valence-electron chi connectivity index (χ0n) is 17.2. The van der Waals surface area contributed by atoms with Gasteiger partial charge in [0.2, 0.25) is 0 Å². The number of rotatable bonds is 1. The maximum Gasteiger partial charge on any atom is 0.149 e. The van der Waals surface area contributed by atoms with Gasteiger partial charge in [0.05, 0.1) is 16.6 Å². The average molecular weight is 405 g/mol. The molecule has 4 heteroatoms. The first-order valence-electron chi connectivity index (χ1n) is 10.7. The molecule has 5 aromatic carbocycles. The van der Waals surface area contributed by atoms with Gasteiger partial charge in [-0.1, -0.05) is 78.3 Å². The molecule has 0 atom stereocenters. The summed E-state index contributed by atoms with van der Waals surface area (Å²) < 4.78 is 2.20. The van der Waals surface area contributed by atoms with Crippen LogP contribution in [0.25, 0.3) is 60.5 Å². The van der Waals surface area contributed by atoms with Crippen molar-refractivity contribution in [3.05, 3.63) is 97.1 Å². The van der Waals surface area contributed by atoms with Crippen molar-refractivity contribution in [1.82, 2.24) is 14.4 Å². The van der Waals surface area contributed by atoms with E-state index >= 15 is 0 Å². The Kier molecular flexibility index (Phi) is 3.51. The van der Waals surface area contributed by atoms with E-state index in [0.29, 0.717) is 0 Å². The fraction of sp³-hybridized carbons (Fsp3) is 0. The number of aromatic nitrogens is 3. The first kappa shape index (κ1) is 17.5. The summed E-state index contributed by atoms with van der Waals surface area (Å²) in [6.07, 6.45) is 0. The fourth-order valence-electron chi connectivity index (χ4n) is 4.92. The zero-order valence-corrected chi connectivity index (χ0v) is 17.2. The van der Waals surface area contributed by atoms with Gasteiger partial charge in [-0.3, -0.25) is 4.40 Å². The highest BCUT2D eigenvalue weighted by Gasteiger charge is 2.19. The first-order chi connectivity index (χ1) is 15.8. The minimum absolute atomic E-state index is 0.799. The summed E-state index contributed by atoms with van der Waals surface area (Å²) >= 11 is 0. The van der Waals surface area contributed by atoms with Crippen molar-refractivity contribution in [2.24, 2.45) is 0 Å². The van der Waals surface area contributed by atoms with Crippen LogP contribution in [0.3, 0.4) is 0 Å². The minimum Gasteiger partial charge on any atom is -0.276 e. The third kappa shape index (κ3) is 2.27. The lowest BCUT2D eigenvalue weighted by Gasteiger charge is -2.17. The molecule has 0 fully saturated rings. The van der Waals surface area contributed by atoms with Crippen molar-refractivity contribution in [2.75, 3.05) is 0 Å². The van der Waals surface area contributed by atoms with Gasteiger partial charge in [-0.25, -0.2) is 9.97 Å². The molecule has 0 aliphatic heterocycles. The number of nitrogens with zero attached hydrogens (tertiary/aromatic N) is 3. The van der Waals surface area contributed by atoms with Crippen LogP contribution in [-0.2, 0) is 0 Å². The van der Waals surface area contributed by atoms with E-state index in [1.807, 2.05) is 30.3 Å². The summed E-state index contributed by atoms with van der Waals surface area (Å²) in [7, 11) is 6.64. The number of imidazole rings is 1. The lowest BCUT2D eigenvalue weighted by Crippen LogP contribution is -2.08. The quantitative estimate of drug-likeness (QED) is 0.255. The molecule has 7 aromatic rings. The highest BCUT2D eigenvalue weighted by molar-refractivity contribution is 6.46. The Morgan fingerprint density at radius 3 is 1.75 bits per heavy atom. The lowest BCUT2D eigenvalue weighted by atomic mass is 9.82. The summed E-state index contributed by atoms with van der Waals surface area (Å²) in [4.78, 5) is 10.2. The Hall–Kier alpha value is -4.18. The van der Waals surface area contributed by atoms with E-state index < -0.39 is 0 Å². The summed E-state index contributed by atoms with van der Waals surface area (Å²) in [5.74, 6) is 0.875. The van der Waals surface area contributed by atoms with E-state index in [2.05, 4.69) is 71.1 Å². The van der Waals surface area contributed by atoms with E-state index in [4.69, 9.17) is 17.8 Å². The van der Waals surface area contributed by atoms with Crippen LogP contribution in [0.5, 0.6) is 0 Å². The molecule has 0 N–H and O–H groups in total. The standard InChI is InChI=1S/C28H16BN3/c29-26-19-11-3-1-9-17(19)25(18-10-2-4-12-20(18)26)28-30-22-14-6-5-13-21(22)27-31-23-15-7-8-16-24(23)32(27)28/h1-16H. The molecule has 0 saturated heterocycles. The van der Waals surface area contributed by atoms with E-state index in [9.17, 15) is 0 Å². The molecule has 2 heterocycles. The largest absolute Gasteiger partial charge is 0.276 e. The van der Waals surface area contributed by atoms with Crippen LogP contribution in [0.1, 0.15) is 0 Å². The molecular weight excluding hydrogens is 389 g/mol. The molecule has 0 saturated carbocycles. The molecule has 2 radical (unpaired) electrons. The van der Waals surface area contributed by atoms with Gasteiger partial charge in [-0.2, -0.15) is 0 Å². The number of benzene rings is 5. The summed E-state index contributed by atoms with van der Waals surface area (Å²) in [6, 6.07) is 33.1. The van der Waals surface area contributed by atoms with E-state index in [-0.39, 0.29) is 0 Å². The number of para-hydroxylation sites is 3.